The fraction of sp³-hybridized carbons (Fsp3) is 0.500. The second kappa shape index (κ2) is 6.63. The van der Waals surface area contributed by atoms with Crippen molar-refractivity contribution in [3.05, 3.63) is 51.2 Å². The molecule has 1 aliphatic rings. The van der Waals surface area contributed by atoms with Gasteiger partial charge in [0.25, 0.3) is 5.91 Å². The third-order valence-electron chi connectivity index (χ3n) is 4.66. The number of pyridine rings is 1. The SMILES string of the molecule is Cc1cc(C(=O)N2CCC(c3cc(C(C)C)n[nH]3)CC2)cc(=O)[nH]1. The Bertz CT molecular complexity index is 782. The van der Waals surface area contributed by atoms with Crippen LogP contribution in [0.25, 0.3) is 0 Å². The summed E-state index contributed by atoms with van der Waals surface area (Å²) in [5, 5.41) is 7.52. The van der Waals surface area contributed by atoms with E-state index in [1.807, 2.05) is 4.90 Å². The van der Waals surface area contributed by atoms with Gasteiger partial charge in [-0.25, -0.2) is 0 Å². The molecule has 0 bridgehead atoms. The molecule has 2 aromatic rings. The molecular formula is C18H24N4O2. The van der Waals surface area contributed by atoms with Gasteiger partial charge in [-0.15, -0.1) is 0 Å². The second-order valence-electron chi connectivity index (χ2n) is 6.89. The minimum atomic E-state index is -0.230. The molecule has 1 aliphatic heterocycles. The van der Waals surface area contributed by atoms with Crippen molar-refractivity contribution in [1.29, 1.82) is 0 Å². The molecule has 1 saturated heterocycles. The highest BCUT2D eigenvalue weighted by Crippen LogP contribution is 2.28. The summed E-state index contributed by atoms with van der Waals surface area (Å²) < 4.78 is 0. The van der Waals surface area contributed by atoms with Crippen molar-refractivity contribution in [1.82, 2.24) is 20.1 Å². The average Bonchev–Trinajstić information content (AvgIpc) is 3.03. The van der Waals surface area contributed by atoms with E-state index in [1.54, 1.807) is 13.0 Å². The molecule has 6 nitrogen and oxygen atoms in total. The number of rotatable bonds is 3. The molecule has 0 saturated carbocycles. The number of hydrogen-bond donors (Lipinski definition) is 2. The molecule has 0 atom stereocenters. The summed E-state index contributed by atoms with van der Waals surface area (Å²) in [6, 6.07) is 5.26. The number of nitrogens with zero attached hydrogens (tertiary/aromatic N) is 2. The standard InChI is InChI=1S/C18H24N4O2/c1-11(2)15-10-16(21-20-15)13-4-6-22(7-5-13)18(24)14-8-12(3)19-17(23)9-14/h8-11,13H,4-7H2,1-3H3,(H,19,23)(H,20,21). The van der Waals surface area contributed by atoms with E-state index in [-0.39, 0.29) is 11.5 Å². The van der Waals surface area contributed by atoms with Crippen LogP contribution in [-0.2, 0) is 0 Å². The molecule has 0 spiro atoms. The Balaban J connectivity index is 1.65. The molecule has 0 radical (unpaired) electrons. The lowest BCUT2D eigenvalue weighted by molar-refractivity contribution is 0.0711. The van der Waals surface area contributed by atoms with E-state index in [0.717, 1.165) is 24.2 Å². The summed E-state index contributed by atoms with van der Waals surface area (Å²) in [6.07, 6.45) is 1.82. The van der Waals surface area contributed by atoms with Gasteiger partial charge in [-0.05, 0) is 37.8 Å². The Kier molecular flexibility index (Phi) is 4.55. The van der Waals surface area contributed by atoms with Gasteiger partial charge in [0.2, 0.25) is 5.56 Å². The minimum absolute atomic E-state index is 0.0601. The zero-order valence-electron chi connectivity index (χ0n) is 14.4. The Morgan fingerprint density at radius 1 is 1.25 bits per heavy atom. The number of aryl methyl sites for hydroxylation is 1. The first-order valence-corrected chi connectivity index (χ1v) is 8.49. The predicted octanol–water partition coefficient (Wildman–Crippen LogP) is 2.55. The number of carbonyl (C=O) groups excluding carboxylic acids is 1. The summed E-state index contributed by atoms with van der Waals surface area (Å²) >= 11 is 0. The first-order valence-electron chi connectivity index (χ1n) is 8.49. The van der Waals surface area contributed by atoms with E-state index >= 15 is 0 Å². The van der Waals surface area contributed by atoms with Crippen LogP contribution >= 0.6 is 0 Å². The van der Waals surface area contributed by atoms with Gasteiger partial charge in [0.05, 0.1) is 5.69 Å². The van der Waals surface area contributed by atoms with E-state index in [0.29, 0.717) is 36.2 Å². The van der Waals surface area contributed by atoms with Crippen LogP contribution in [0.5, 0.6) is 0 Å². The van der Waals surface area contributed by atoms with Crippen molar-refractivity contribution in [3.8, 4) is 0 Å². The molecule has 1 amide bonds. The first-order chi connectivity index (χ1) is 11.4. The summed E-state index contributed by atoms with van der Waals surface area (Å²) in [7, 11) is 0. The molecule has 128 valence electrons. The summed E-state index contributed by atoms with van der Waals surface area (Å²) in [5.41, 5.74) is 3.20. The molecule has 2 N–H and O–H groups in total. The Morgan fingerprint density at radius 2 is 1.96 bits per heavy atom. The van der Waals surface area contributed by atoms with Gasteiger partial charge < -0.3 is 9.88 Å². The van der Waals surface area contributed by atoms with E-state index in [4.69, 9.17) is 0 Å². The van der Waals surface area contributed by atoms with Crippen LogP contribution < -0.4 is 5.56 Å². The maximum Gasteiger partial charge on any atom is 0.254 e. The maximum absolute atomic E-state index is 12.6. The van der Waals surface area contributed by atoms with Crippen molar-refractivity contribution in [2.75, 3.05) is 13.1 Å². The molecule has 0 aliphatic carbocycles. The lowest BCUT2D eigenvalue weighted by Gasteiger charge is -2.31. The summed E-state index contributed by atoms with van der Waals surface area (Å²) in [4.78, 5) is 28.7. The Morgan fingerprint density at radius 3 is 2.54 bits per heavy atom. The zero-order valence-corrected chi connectivity index (χ0v) is 14.4. The highest BCUT2D eigenvalue weighted by Gasteiger charge is 2.26. The van der Waals surface area contributed by atoms with Gasteiger partial charge in [-0.1, -0.05) is 13.8 Å². The Labute approximate surface area is 141 Å². The van der Waals surface area contributed by atoms with Crippen molar-refractivity contribution in [3.63, 3.8) is 0 Å². The van der Waals surface area contributed by atoms with Gasteiger partial charge in [-0.3, -0.25) is 14.7 Å². The monoisotopic (exact) mass is 328 g/mol. The second-order valence-corrected chi connectivity index (χ2v) is 6.89. The highest BCUT2D eigenvalue weighted by atomic mass is 16.2. The fourth-order valence-corrected chi connectivity index (χ4v) is 3.24. The van der Waals surface area contributed by atoms with Crippen LogP contribution in [0.2, 0.25) is 0 Å². The van der Waals surface area contributed by atoms with Crippen LogP contribution in [0.4, 0.5) is 0 Å². The van der Waals surface area contributed by atoms with Gasteiger partial charge in [0, 0.05) is 42.0 Å². The van der Waals surface area contributed by atoms with Gasteiger partial charge >= 0.3 is 0 Å². The van der Waals surface area contributed by atoms with Gasteiger partial charge in [0.15, 0.2) is 0 Å². The molecule has 0 aromatic carbocycles. The largest absolute Gasteiger partial charge is 0.339 e. The third-order valence-corrected chi connectivity index (χ3v) is 4.66. The fourth-order valence-electron chi connectivity index (χ4n) is 3.24. The topological polar surface area (TPSA) is 81.8 Å². The number of likely N-dealkylation sites (tertiary alicyclic amines) is 1. The van der Waals surface area contributed by atoms with E-state index in [2.05, 4.69) is 35.1 Å². The number of carbonyl (C=O) groups is 1. The number of aromatic amines is 2. The van der Waals surface area contributed by atoms with Crippen molar-refractivity contribution in [2.45, 2.75) is 45.4 Å². The first kappa shape index (κ1) is 16.5. The van der Waals surface area contributed by atoms with Crippen LogP contribution in [0.3, 0.4) is 0 Å². The lowest BCUT2D eigenvalue weighted by Crippen LogP contribution is -2.38. The van der Waals surface area contributed by atoms with Gasteiger partial charge in [0.1, 0.15) is 0 Å². The molecule has 6 heteroatoms. The number of piperidine rings is 1. The minimum Gasteiger partial charge on any atom is -0.339 e. The molecule has 0 unspecified atom stereocenters. The smallest absolute Gasteiger partial charge is 0.254 e. The van der Waals surface area contributed by atoms with Crippen LogP contribution in [0, 0.1) is 6.92 Å². The van der Waals surface area contributed by atoms with Crippen molar-refractivity contribution >= 4 is 5.91 Å². The third kappa shape index (κ3) is 3.42. The number of nitrogens with one attached hydrogen (secondary N) is 2. The van der Waals surface area contributed by atoms with Crippen LogP contribution in [0.1, 0.15) is 66.0 Å². The maximum atomic E-state index is 12.6. The number of amides is 1. The van der Waals surface area contributed by atoms with Crippen molar-refractivity contribution < 1.29 is 4.79 Å². The Hall–Kier alpha value is -2.37. The normalized spacial score (nSPS) is 15.9. The quantitative estimate of drug-likeness (QED) is 0.908. The zero-order chi connectivity index (χ0) is 17.3. The van der Waals surface area contributed by atoms with Gasteiger partial charge in [-0.2, -0.15) is 5.10 Å². The lowest BCUT2D eigenvalue weighted by atomic mass is 9.92. The predicted molar refractivity (Wildman–Crippen MR) is 92.4 cm³/mol. The molecular weight excluding hydrogens is 304 g/mol. The van der Waals surface area contributed by atoms with Crippen LogP contribution in [0.15, 0.2) is 23.0 Å². The van der Waals surface area contributed by atoms with E-state index < -0.39 is 0 Å². The van der Waals surface area contributed by atoms with E-state index in [9.17, 15) is 9.59 Å². The molecule has 3 heterocycles. The number of aromatic nitrogens is 3. The number of H-pyrrole nitrogens is 2. The summed E-state index contributed by atoms with van der Waals surface area (Å²) in [6.45, 7) is 7.45. The molecule has 24 heavy (non-hydrogen) atoms. The molecule has 2 aromatic heterocycles. The number of hydrogen-bond acceptors (Lipinski definition) is 3. The highest BCUT2D eigenvalue weighted by molar-refractivity contribution is 5.94. The molecule has 3 rings (SSSR count). The summed E-state index contributed by atoms with van der Waals surface area (Å²) in [5.74, 6) is 0.765. The van der Waals surface area contributed by atoms with Crippen LogP contribution in [-0.4, -0.2) is 39.1 Å². The molecule has 1 fully saturated rings. The van der Waals surface area contributed by atoms with Crippen molar-refractivity contribution in [2.24, 2.45) is 0 Å². The average molecular weight is 328 g/mol. The van der Waals surface area contributed by atoms with E-state index in [1.165, 1.54) is 6.07 Å².